The molecule has 0 fully saturated rings. The minimum Gasteiger partial charge on any atom is -0.486 e. The normalized spacial score (nSPS) is 10.6. The topological polar surface area (TPSA) is 64.4 Å². The molecule has 0 spiro atoms. The molecule has 0 unspecified atom stereocenters. The summed E-state index contributed by atoms with van der Waals surface area (Å²) in [4.78, 5) is 12.4. The van der Waals surface area contributed by atoms with Crippen LogP contribution >= 0.6 is 11.6 Å². The second kappa shape index (κ2) is 7.53. The van der Waals surface area contributed by atoms with Crippen LogP contribution in [0.2, 0.25) is 5.02 Å². The van der Waals surface area contributed by atoms with Gasteiger partial charge in [-0.3, -0.25) is 4.79 Å². The van der Waals surface area contributed by atoms with E-state index in [4.69, 9.17) is 20.9 Å². The van der Waals surface area contributed by atoms with Gasteiger partial charge in [0.1, 0.15) is 18.2 Å². The Balaban J connectivity index is 1.76. The molecule has 0 radical (unpaired) electrons. The average Bonchev–Trinajstić information content (AvgIpc) is 2.95. The van der Waals surface area contributed by atoms with Crippen molar-refractivity contribution in [3.05, 3.63) is 76.1 Å². The van der Waals surface area contributed by atoms with Crippen LogP contribution in [0.5, 0.6) is 5.75 Å². The van der Waals surface area contributed by atoms with Gasteiger partial charge in [-0.25, -0.2) is 8.78 Å². The van der Waals surface area contributed by atoms with E-state index in [2.05, 4.69) is 10.5 Å². The van der Waals surface area contributed by atoms with Crippen molar-refractivity contribution in [2.45, 2.75) is 13.5 Å². The molecule has 0 aliphatic heterocycles. The number of anilines is 1. The van der Waals surface area contributed by atoms with Crippen molar-refractivity contribution in [2.24, 2.45) is 0 Å². The maximum absolute atomic E-state index is 13.7. The summed E-state index contributed by atoms with van der Waals surface area (Å²) >= 11 is 5.89. The summed E-state index contributed by atoms with van der Waals surface area (Å²) < 4.78 is 37.0. The minimum absolute atomic E-state index is 0.00463. The summed E-state index contributed by atoms with van der Waals surface area (Å²) in [6.07, 6.45) is 0. The first kappa shape index (κ1) is 17.9. The number of nitrogens with zero attached hydrogens (tertiary/aromatic N) is 1. The van der Waals surface area contributed by atoms with Crippen LogP contribution in [0.15, 0.2) is 47.0 Å². The number of nitrogens with one attached hydrogen (secondary N) is 1. The highest BCUT2D eigenvalue weighted by Gasteiger charge is 2.21. The molecule has 2 aromatic carbocycles. The minimum atomic E-state index is -0.843. The lowest BCUT2D eigenvalue weighted by Gasteiger charge is -2.08. The summed E-state index contributed by atoms with van der Waals surface area (Å²) in [5.74, 6) is -1.87. The number of carbonyl (C=O) groups excluding carboxylic acids is 1. The second-order valence-electron chi connectivity index (χ2n) is 5.39. The Morgan fingerprint density at radius 3 is 2.81 bits per heavy atom. The first-order valence-electron chi connectivity index (χ1n) is 7.54. The molecular weight excluding hydrogens is 366 g/mol. The number of halogens is 3. The Kier molecular flexibility index (Phi) is 5.18. The van der Waals surface area contributed by atoms with Crippen molar-refractivity contribution in [1.29, 1.82) is 0 Å². The van der Waals surface area contributed by atoms with Crippen LogP contribution in [0.25, 0.3) is 0 Å². The first-order valence-corrected chi connectivity index (χ1v) is 7.92. The monoisotopic (exact) mass is 378 g/mol. The van der Waals surface area contributed by atoms with Gasteiger partial charge >= 0.3 is 0 Å². The molecule has 0 saturated carbocycles. The number of ether oxygens (including phenoxy) is 1. The Morgan fingerprint density at radius 2 is 2.08 bits per heavy atom. The van der Waals surface area contributed by atoms with Crippen LogP contribution in [0.1, 0.15) is 21.8 Å². The molecule has 0 saturated heterocycles. The van der Waals surface area contributed by atoms with E-state index >= 15 is 0 Å². The first-order chi connectivity index (χ1) is 12.4. The van der Waals surface area contributed by atoms with Crippen molar-refractivity contribution < 1.29 is 22.8 Å². The van der Waals surface area contributed by atoms with Crippen molar-refractivity contribution in [3.8, 4) is 5.75 Å². The van der Waals surface area contributed by atoms with Crippen LogP contribution in [-0.4, -0.2) is 11.1 Å². The predicted molar refractivity (Wildman–Crippen MR) is 91.3 cm³/mol. The highest BCUT2D eigenvalue weighted by atomic mass is 35.5. The molecule has 1 amide bonds. The van der Waals surface area contributed by atoms with Gasteiger partial charge in [0.15, 0.2) is 17.3 Å². The van der Waals surface area contributed by atoms with Crippen molar-refractivity contribution in [2.75, 3.05) is 5.32 Å². The van der Waals surface area contributed by atoms with Crippen LogP contribution in [0, 0.1) is 18.6 Å². The lowest BCUT2D eigenvalue weighted by molar-refractivity contribution is 0.101. The molecule has 5 nitrogen and oxygen atoms in total. The molecule has 26 heavy (non-hydrogen) atoms. The zero-order valence-corrected chi connectivity index (χ0v) is 14.3. The molecule has 1 heterocycles. The predicted octanol–water partition coefficient (Wildman–Crippen LogP) is 4.75. The smallest absolute Gasteiger partial charge is 0.278 e. The number of aryl methyl sites for hydroxylation is 1. The Morgan fingerprint density at radius 1 is 1.27 bits per heavy atom. The number of benzene rings is 2. The standard InChI is InChI=1S/C18H13ClF2N2O3/c1-10-14(9-25-16-6-5-12(20)8-15(16)21)17(23-26-10)18(24)22-13-4-2-3-11(19)7-13/h2-8H,9H2,1H3,(H,22,24). The fraction of sp³-hybridized carbons (Fsp3) is 0.111. The summed E-state index contributed by atoms with van der Waals surface area (Å²) in [7, 11) is 0. The van der Waals surface area contributed by atoms with Gasteiger partial charge in [-0.2, -0.15) is 0 Å². The number of hydrogen-bond acceptors (Lipinski definition) is 4. The maximum atomic E-state index is 13.7. The average molecular weight is 379 g/mol. The van der Waals surface area contributed by atoms with Gasteiger partial charge in [0.25, 0.3) is 5.91 Å². The van der Waals surface area contributed by atoms with E-state index in [1.54, 1.807) is 31.2 Å². The van der Waals surface area contributed by atoms with Crippen LogP contribution < -0.4 is 10.1 Å². The number of carbonyl (C=O) groups is 1. The van der Waals surface area contributed by atoms with E-state index in [-0.39, 0.29) is 18.1 Å². The molecule has 3 rings (SSSR count). The van der Waals surface area contributed by atoms with Gasteiger partial charge in [-0.05, 0) is 37.3 Å². The largest absolute Gasteiger partial charge is 0.486 e. The third-order valence-corrected chi connectivity index (χ3v) is 3.78. The van der Waals surface area contributed by atoms with E-state index < -0.39 is 17.5 Å². The van der Waals surface area contributed by atoms with Gasteiger partial charge in [0.05, 0.1) is 5.56 Å². The van der Waals surface area contributed by atoms with Gasteiger partial charge in [-0.15, -0.1) is 0 Å². The molecule has 0 aliphatic rings. The lowest BCUT2D eigenvalue weighted by Crippen LogP contribution is -2.15. The summed E-state index contributed by atoms with van der Waals surface area (Å²) in [6, 6.07) is 9.56. The Labute approximate surface area is 152 Å². The molecular formula is C18H13ClF2N2O3. The van der Waals surface area contributed by atoms with E-state index in [0.29, 0.717) is 28.1 Å². The number of amides is 1. The summed E-state index contributed by atoms with van der Waals surface area (Å²) in [5, 5.41) is 6.84. The van der Waals surface area contributed by atoms with Crippen LogP contribution in [-0.2, 0) is 6.61 Å². The third-order valence-electron chi connectivity index (χ3n) is 3.55. The molecule has 0 atom stereocenters. The van der Waals surface area contributed by atoms with E-state index in [0.717, 1.165) is 6.07 Å². The highest BCUT2D eigenvalue weighted by molar-refractivity contribution is 6.30. The second-order valence-corrected chi connectivity index (χ2v) is 5.83. The molecule has 3 aromatic rings. The maximum Gasteiger partial charge on any atom is 0.278 e. The molecule has 1 N–H and O–H groups in total. The van der Waals surface area contributed by atoms with Gasteiger partial charge in [0, 0.05) is 16.8 Å². The lowest BCUT2D eigenvalue weighted by atomic mass is 10.2. The summed E-state index contributed by atoms with van der Waals surface area (Å²) in [6.45, 7) is 1.43. The Bertz CT molecular complexity index is 959. The zero-order valence-electron chi connectivity index (χ0n) is 13.6. The fourth-order valence-corrected chi connectivity index (χ4v) is 2.43. The quantitative estimate of drug-likeness (QED) is 0.696. The third kappa shape index (κ3) is 4.00. The molecule has 1 aromatic heterocycles. The SMILES string of the molecule is Cc1onc(C(=O)Nc2cccc(Cl)c2)c1COc1ccc(F)cc1F. The van der Waals surface area contributed by atoms with Crippen LogP contribution in [0.3, 0.4) is 0 Å². The van der Waals surface area contributed by atoms with Crippen molar-refractivity contribution in [1.82, 2.24) is 5.16 Å². The van der Waals surface area contributed by atoms with E-state index in [1.807, 2.05) is 0 Å². The van der Waals surface area contributed by atoms with Gasteiger partial charge in [-0.1, -0.05) is 22.8 Å². The fourth-order valence-electron chi connectivity index (χ4n) is 2.24. The van der Waals surface area contributed by atoms with Gasteiger partial charge in [0.2, 0.25) is 0 Å². The molecule has 8 heteroatoms. The Hall–Kier alpha value is -2.93. The van der Waals surface area contributed by atoms with Gasteiger partial charge < -0.3 is 14.6 Å². The van der Waals surface area contributed by atoms with E-state index in [1.165, 1.54) is 6.07 Å². The highest BCUT2D eigenvalue weighted by Crippen LogP contribution is 2.22. The number of aromatic nitrogens is 1. The number of rotatable bonds is 5. The molecule has 134 valence electrons. The molecule has 0 aliphatic carbocycles. The molecule has 0 bridgehead atoms. The summed E-state index contributed by atoms with van der Waals surface area (Å²) in [5.41, 5.74) is 0.845. The van der Waals surface area contributed by atoms with Crippen LogP contribution in [0.4, 0.5) is 14.5 Å². The zero-order chi connectivity index (χ0) is 18.7. The van der Waals surface area contributed by atoms with E-state index in [9.17, 15) is 13.6 Å². The van der Waals surface area contributed by atoms with Crippen molar-refractivity contribution in [3.63, 3.8) is 0 Å². The number of hydrogen-bond donors (Lipinski definition) is 1. The van der Waals surface area contributed by atoms with Crippen molar-refractivity contribution >= 4 is 23.2 Å².